The van der Waals surface area contributed by atoms with Gasteiger partial charge in [-0.2, -0.15) is 0 Å². The van der Waals surface area contributed by atoms with Gasteiger partial charge in [-0.25, -0.2) is 12.8 Å². The Morgan fingerprint density at radius 1 is 1.20 bits per heavy atom. The van der Waals surface area contributed by atoms with E-state index in [1.165, 1.54) is 24.3 Å². The van der Waals surface area contributed by atoms with Crippen LogP contribution in [0.15, 0.2) is 47.4 Å². The Kier molecular flexibility index (Phi) is 6.08. The number of halogens is 1. The largest absolute Gasteiger partial charge is 0.490 e. The van der Waals surface area contributed by atoms with Crippen LogP contribution in [0.2, 0.25) is 0 Å². The summed E-state index contributed by atoms with van der Waals surface area (Å²) >= 11 is 0. The lowest BCUT2D eigenvalue weighted by atomic mass is 9.92. The molecule has 0 bridgehead atoms. The highest BCUT2D eigenvalue weighted by atomic mass is 32.2. The number of nitrogens with one attached hydrogen (secondary N) is 1. The molecule has 1 amide bonds. The van der Waals surface area contributed by atoms with Crippen LogP contribution < -0.4 is 14.4 Å². The molecule has 0 saturated carbocycles. The van der Waals surface area contributed by atoms with Gasteiger partial charge < -0.3 is 9.64 Å². The summed E-state index contributed by atoms with van der Waals surface area (Å²) in [5, 5.41) is 0. The van der Waals surface area contributed by atoms with Crippen molar-refractivity contribution in [2.24, 2.45) is 11.3 Å². The van der Waals surface area contributed by atoms with E-state index in [4.69, 9.17) is 4.74 Å². The van der Waals surface area contributed by atoms with Crippen LogP contribution in [-0.4, -0.2) is 27.5 Å². The third-order valence-electron chi connectivity index (χ3n) is 4.97. The molecule has 1 heterocycles. The van der Waals surface area contributed by atoms with Crippen molar-refractivity contribution in [2.75, 3.05) is 22.8 Å². The smallest absolute Gasteiger partial charge is 0.264 e. The zero-order valence-corrected chi connectivity index (χ0v) is 18.4. The van der Waals surface area contributed by atoms with Gasteiger partial charge in [0.25, 0.3) is 10.0 Å². The van der Waals surface area contributed by atoms with Gasteiger partial charge in [-0.05, 0) is 50.5 Å². The third-order valence-corrected chi connectivity index (χ3v) is 6.39. The summed E-state index contributed by atoms with van der Waals surface area (Å²) < 4.78 is 47.4. The maximum atomic E-state index is 14.0. The second kappa shape index (κ2) is 8.26. The summed E-state index contributed by atoms with van der Waals surface area (Å²) in [5.41, 5.74) is 0.107. The maximum Gasteiger partial charge on any atom is 0.264 e. The first-order valence-corrected chi connectivity index (χ1v) is 11.4. The molecule has 6 nitrogen and oxygen atoms in total. The Balaban J connectivity index is 1.95. The van der Waals surface area contributed by atoms with Crippen LogP contribution in [0.25, 0.3) is 0 Å². The summed E-state index contributed by atoms with van der Waals surface area (Å²) in [5.74, 6) is -0.0448. The average Bonchev–Trinajstić information content (AvgIpc) is 2.75. The number of amides is 1. The molecule has 8 heteroatoms. The number of hydrogen-bond donors (Lipinski definition) is 1. The SMILES string of the molecule is CC(C)CCN1C(=O)C(C)(C)COc2cc(NS(=O)(=O)c3ccccc3F)ccc21. The molecule has 0 saturated heterocycles. The average molecular weight is 435 g/mol. The van der Waals surface area contributed by atoms with Crippen LogP contribution in [-0.2, 0) is 14.8 Å². The van der Waals surface area contributed by atoms with Crippen LogP contribution >= 0.6 is 0 Å². The molecule has 0 radical (unpaired) electrons. The van der Waals surface area contributed by atoms with Gasteiger partial charge in [0.05, 0.1) is 16.8 Å². The molecule has 1 aliphatic rings. The summed E-state index contributed by atoms with van der Waals surface area (Å²) in [6, 6.07) is 9.92. The van der Waals surface area contributed by atoms with E-state index >= 15 is 0 Å². The minimum absolute atomic E-state index is 0.0402. The normalized spacial score (nSPS) is 16.1. The van der Waals surface area contributed by atoms with E-state index in [0.29, 0.717) is 23.9 Å². The monoisotopic (exact) mass is 434 g/mol. The van der Waals surface area contributed by atoms with Crippen molar-refractivity contribution in [1.29, 1.82) is 0 Å². The van der Waals surface area contributed by atoms with Gasteiger partial charge in [-0.15, -0.1) is 0 Å². The van der Waals surface area contributed by atoms with Crippen LogP contribution in [0, 0.1) is 17.2 Å². The molecule has 1 aliphatic heterocycles. The van der Waals surface area contributed by atoms with Crippen molar-refractivity contribution < 1.29 is 22.3 Å². The van der Waals surface area contributed by atoms with Gasteiger partial charge in [0.2, 0.25) is 5.91 Å². The van der Waals surface area contributed by atoms with Crippen LogP contribution in [0.5, 0.6) is 5.75 Å². The molecule has 0 atom stereocenters. The number of rotatable bonds is 6. The van der Waals surface area contributed by atoms with Crippen LogP contribution in [0.4, 0.5) is 15.8 Å². The number of nitrogens with zero attached hydrogens (tertiary/aromatic N) is 1. The lowest BCUT2D eigenvalue weighted by molar-refractivity contribution is -0.127. The molecular weight excluding hydrogens is 407 g/mol. The van der Waals surface area contributed by atoms with Gasteiger partial charge in [0.1, 0.15) is 23.1 Å². The lowest BCUT2D eigenvalue weighted by Crippen LogP contribution is -2.42. The second-order valence-corrected chi connectivity index (χ2v) is 10.2. The highest BCUT2D eigenvalue weighted by Crippen LogP contribution is 2.39. The van der Waals surface area contributed by atoms with Crippen molar-refractivity contribution in [3.8, 4) is 5.75 Å². The highest BCUT2D eigenvalue weighted by molar-refractivity contribution is 7.92. The Morgan fingerprint density at radius 2 is 1.90 bits per heavy atom. The van der Waals surface area contributed by atoms with Crippen LogP contribution in [0.1, 0.15) is 34.1 Å². The fourth-order valence-electron chi connectivity index (χ4n) is 3.19. The molecule has 3 rings (SSSR count). The second-order valence-electron chi connectivity index (χ2n) is 8.53. The molecule has 0 aromatic heterocycles. The Morgan fingerprint density at radius 3 is 2.57 bits per heavy atom. The summed E-state index contributed by atoms with van der Waals surface area (Å²) in [6.45, 7) is 8.53. The van der Waals surface area contributed by atoms with Gasteiger partial charge >= 0.3 is 0 Å². The van der Waals surface area contributed by atoms with Crippen LogP contribution in [0.3, 0.4) is 0 Å². The minimum Gasteiger partial charge on any atom is -0.490 e. The number of hydrogen-bond acceptors (Lipinski definition) is 4. The molecule has 0 spiro atoms. The zero-order valence-electron chi connectivity index (χ0n) is 17.6. The van der Waals surface area contributed by atoms with Crippen molar-refractivity contribution in [3.63, 3.8) is 0 Å². The first-order chi connectivity index (χ1) is 14.0. The molecule has 0 aliphatic carbocycles. The number of sulfonamides is 1. The van der Waals surface area contributed by atoms with Crippen molar-refractivity contribution in [3.05, 3.63) is 48.3 Å². The predicted octanol–water partition coefficient (Wildman–Crippen LogP) is 4.42. The molecule has 162 valence electrons. The minimum atomic E-state index is -4.11. The first kappa shape index (κ1) is 22.1. The van der Waals surface area contributed by atoms with Gasteiger partial charge in [0, 0.05) is 12.6 Å². The fourth-order valence-corrected chi connectivity index (χ4v) is 4.32. The number of carbonyl (C=O) groups excluding carboxylic acids is 1. The molecule has 2 aromatic carbocycles. The van der Waals surface area contributed by atoms with E-state index in [1.807, 2.05) is 13.8 Å². The number of anilines is 2. The zero-order chi connectivity index (χ0) is 22.1. The van der Waals surface area contributed by atoms with Crippen molar-refractivity contribution in [1.82, 2.24) is 0 Å². The van der Waals surface area contributed by atoms with E-state index in [1.54, 1.807) is 17.0 Å². The quantitative estimate of drug-likeness (QED) is 0.730. The Hall–Kier alpha value is -2.61. The highest BCUT2D eigenvalue weighted by Gasteiger charge is 2.37. The van der Waals surface area contributed by atoms with Crippen molar-refractivity contribution >= 4 is 27.3 Å². The van der Waals surface area contributed by atoms with Gasteiger partial charge in [-0.1, -0.05) is 26.0 Å². The topological polar surface area (TPSA) is 75.7 Å². The number of fused-ring (bicyclic) bond motifs is 1. The van der Waals surface area contributed by atoms with E-state index < -0.39 is 26.2 Å². The number of ether oxygens (including phenoxy) is 1. The molecular formula is C22H27FN2O4S. The van der Waals surface area contributed by atoms with Crippen molar-refractivity contribution in [2.45, 2.75) is 39.0 Å². The maximum absolute atomic E-state index is 14.0. The summed E-state index contributed by atoms with van der Waals surface area (Å²) in [4.78, 5) is 14.3. The fraction of sp³-hybridized carbons (Fsp3) is 0.409. The molecule has 0 fully saturated rings. The molecule has 0 unspecified atom stereocenters. The third kappa shape index (κ3) is 4.59. The van der Waals surface area contributed by atoms with E-state index in [2.05, 4.69) is 18.6 Å². The van der Waals surface area contributed by atoms with Gasteiger partial charge in [-0.3, -0.25) is 9.52 Å². The summed E-state index contributed by atoms with van der Waals surface area (Å²) in [6.07, 6.45) is 0.822. The van der Waals surface area contributed by atoms with E-state index in [9.17, 15) is 17.6 Å². The molecule has 30 heavy (non-hydrogen) atoms. The molecule has 1 N–H and O–H groups in total. The van der Waals surface area contributed by atoms with E-state index in [0.717, 1.165) is 12.5 Å². The Labute approximate surface area is 177 Å². The lowest BCUT2D eigenvalue weighted by Gasteiger charge is -2.28. The van der Waals surface area contributed by atoms with E-state index in [-0.39, 0.29) is 18.2 Å². The number of benzene rings is 2. The molecule has 2 aromatic rings. The standard InChI is InChI=1S/C22H27FN2O4S/c1-15(2)11-12-25-18-10-9-16(13-19(18)29-14-22(3,4)21(25)26)24-30(27,28)20-8-6-5-7-17(20)23/h5-10,13,15,24H,11-12,14H2,1-4H3. The predicted molar refractivity (Wildman–Crippen MR) is 115 cm³/mol. The first-order valence-electron chi connectivity index (χ1n) is 9.87. The number of carbonyl (C=O) groups is 1. The Bertz CT molecular complexity index is 1050. The van der Waals surface area contributed by atoms with Gasteiger partial charge in [0.15, 0.2) is 0 Å². The summed E-state index contributed by atoms with van der Waals surface area (Å²) in [7, 11) is -4.11.